The van der Waals surface area contributed by atoms with Crippen molar-refractivity contribution in [1.82, 2.24) is 10.2 Å². The van der Waals surface area contributed by atoms with Crippen LogP contribution in [0.5, 0.6) is 5.75 Å². The molecule has 2 rings (SSSR count). The zero-order chi connectivity index (χ0) is 23.9. The summed E-state index contributed by atoms with van der Waals surface area (Å²) in [5.74, 6) is 0.575. The van der Waals surface area contributed by atoms with Crippen LogP contribution in [0.1, 0.15) is 65.0 Å². The van der Waals surface area contributed by atoms with Crippen LogP contribution >= 0.6 is 11.6 Å². The summed E-state index contributed by atoms with van der Waals surface area (Å²) in [4.78, 5) is 27.8. The lowest BCUT2D eigenvalue weighted by Crippen LogP contribution is -2.54. The monoisotopic (exact) mass is 458 g/mol. The molecule has 0 spiro atoms. The zero-order valence-corrected chi connectivity index (χ0v) is 20.7. The molecule has 0 aliphatic heterocycles. The van der Waals surface area contributed by atoms with Crippen molar-refractivity contribution in [3.8, 4) is 5.75 Å². The fourth-order valence-electron chi connectivity index (χ4n) is 3.36. The van der Waals surface area contributed by atoms with Gasteiger partial charge in [0.1, 0.15) is 11.8 Å². The summed E-state index contributed by atoms with van der Waals surface area (Å²) in [5, 5.41) is 3.55. The van der Waals surface area contributed by atoms with E-state index in [4.69, 9.17) is 16.3 Å². The number of carbonyl (C=O) groups excluding carboxylic acids is 2. The van der Waals surface area contributed by atoms with E-state index >= 15 is 0 Å². The third-order valence-electron chi connectivity index (χ3n) is 5.09. The zero-order valence-electron chi connectivity index (χ0n) is 19.9. The van der Waals surface area contributed by atoms with Crippen molar-refractivity contribution in [2.45, 2.75) is 72.0 Å². The molecule has 0 bridgehead atoms. The molecular weight excluding hydrogens is 424 g/mol. The number of nitrogens with zero attached hydrogens (tertiary/aromatic N) is 1. The molecular formula is C26H35ClN2O3. The maximum Gasteiger partial charge on any atom is 0.261 e. The Hall–Kier alpha value is -2.53. The quantitative estimate of drug-likeness (QED) is 0.534. The van der Waals surface area contributed by atoms with Gasteiger partial charge < -0.3 is 15.0 Å². The molecule has 0 unspecified atom stereocenters. The number of hydrogen-bond donors (Lipinski definition) is 1. The van der Waals surface area contributed by atoms with E-state index in [9.17, 15) is 9.59 Å². The fourth-order valence-corrected chi connectivity index (χ4v) is 3.55. The molecule has 0 radical (unpaired) electrons. The number of amides is 2. The first kappa shape index (κ1) is 25.7. The lowest BCUT2D eigenvalue weighted by molar-refractivity contribution is -0.143. The van der Waals surface area contributed by atoms with E-state index in [1.165, 1.54) is 5.56 Å². The minimum absolute atomic E-state index is 0.162. The molecule has 1 N–H and O–H groups in total. The van der Waals surface area contributed by atoms with Crippen LogP contribution in [0.2, 0.25) is 5.02 Å². The topological polar surface area (TPSA) is 58.6 Å². The first-order valence-electron chi connectivity index (χ1n) is 11.1. The Morgan fingerprint density at radius 1 is 1.06 bits per heavy atom. The molecule has 32 heavy (non-hydrogen) atoms. The lowest BCUT2D eigenvalue weighted by Gasteiger charge is -2.33. The van der Waals surface area contributed by atoms with Crippen LogP contribution in [0.15, 0.2) is 48.5 Å². The van der Waals surface area contributed by atoms with E-state index in [0.29, 0.717) is 23.1 Å². The highest BCUT2D eigenvalue weighted by molar-refractivity contribution is 6.31. The Balaban J connectivity index is 2.22. The van der Waals surface area contributed by atoms with Crippen molar-refractivity contribution in [1.29, 1.82) is 0 Å². The summed E-state index contributed by atoms with van der Waals surface area (Å²) < 4.78 is 5.77. The summed E-state index contributed by atoms with van der Waals surface area (Å²) in [6.07, 6.45) is 0.473. The summed E-state index contributed by atoms with van der Waals surface area (Å²) in [5.41, 5.74) is 1.58. The molecule has 1 atom stereocenters. The maximum atomic E-state index is 13.3. The van der Waals surface area contributed by atoms with Gasteiger partial charge in [-0.05, 0) is 62.4 Å². The molecule has 0 aliphatic rings. The first-order valence-corrected chi connectivity index (χ1v) is 11.5. The Kier molecular flexibility index (Phi) is 9.14. The number of carbonyl (C=O) groups is 2. The molecule has 0 aromatic heterocycles. The van der Waals surface area contributed by atoms with Gasteiger partial charge in [0, 0.05) is 17.1 Å². The number of rotatable bonds is 9. The van der Waals surface area contributed by atoms with Gasteiger partial charge in [-0.1, -0.05) is 62.7 Å². The number of nitrogens with one attached hydrogen (secondary N) is 1. The van der Waals surface area contributed by atoms with Crippen LogP contribution in [0, 0.1) is 0 Å². The highest BCUT2D eigenvalue weighted by Gasteiger charge is 2.31. The second-order valence-corrected chi connectivity index (χ2v) is 9.70. The van der Waals surface area contributed by atoms with Gasteiger partial charge in [-0.15, -0.1) is 0 Å². The van der Waals surface area contributed by atoms with Crippen molar-refractivity contribution >= 4 is 23.4 Å². The third-order valence-corrected chi connectivity index (χ3v) is 5.46. The Labute approximate surface area is 197 Å². The van der Waals surface area contributed by atoms with Gasteiger partial charge in [0.15, 0.2) is 6.61 Å². The average Bonchev–Trinajstić information content (AvgIpc) is 2.72. The van der Waals surface area contributed by atoms with Crippen molar-refractivity contribution in [3.63, 3.8) is 0 Å². The van der Waals surface area contributed by atoms with Gasteiger partial charge >= 0.3 is 0 Å². The second kappa shape index (κ2) is 11.4. The lowest BCUT2D eigenvalue weighted by atomic mass is 10.0. The highest BCUT2D eigenvalue weighted by Crippen LogP contribution is 2.21. The van der Waals surface area contributed by atoms with Crippen LogP contribution in [0.4, 0.5) is 0 Å². The van der Waals surface area contributed by atoms with Crippen molar-refractivity contribution in [2.24, 2.45) is 0 Å². The van der Waals surface area contributed by atoms with Crippen LogP contribution in [0.3, 0.4) is 0 Å². The van der Waals surface area contributed by atoms with Crippen LogP contribution in [-0.2, 0) is 16.1 Å². The van der Waals surface area contributed by atoms with Crippen LogP contribution in [-0.4, -0.2) is 34.9 Å². The molecule has 2 aromatic rings. The summed E-state index contributed by atoms with van der Waals surface area (Å²) >= 11 is 6.35. The molecule has 0 heterocycles. The summed E-state index contributed by atoms with van der Waals surface area (Å²) in [7, 11) is 0. The van der Waals surface area contributed by atoms with E-state index in [0.717, 1.165) is 5.56 Å². The molecule has 0 fully saturated rings. The fraction of sp³-hybridized carbons (Fsp3) is 0.462. The largest absolute Gasteiger partial charge is 0.484 e. The van der Waals surface area contributed by atoms with Gasteiger partial charge in [-0.3, -0.25) is 9.59 Å². The highest BCUT2D eigenvalue weighted by atomic mass is 35.5. The standard InChI is InChI=1S/C26H35ClN2O3/c1-7-23(25(31)28-26(4,5)6)29(16-20-10-8-9-11-22(20)27)24(30)17-32-21-14-12-19(13-15-21)18(2)3/h8-15,18,23H,7,16-17H2,1-6H3,(H,28,31)/t23-/m1/s1. The van der Waals surface area contributed by atoms with E-state index in [2.05, 4.69) is 19.2 Å². The van der Waals surface area contributed by atoms with Gasteiger partial charge in [-0.25, -0.2) is 0 Å². The van der Waals surface area contributed by atoms with Crippen LogP contribution < -0.4 is 10.1 Å². The van der Waals surface area contributed by atoms with Crippen molar-refractivity contribution < 1.29 is 14.3 Å². The van der Waals surface area contributed by atoms with E-state index in [1.54, 1.807) is 11.0 Å². The smallest absolute Gasteiger partial charge is 0.261 e. The molecule has 0 aliphatic carbocycles. The Morgan fingerprint density at radius 3 is 2.22 bits per heavy atom. The van der Waals surface area contributed by atoms with E-state index in [-0.39, 0.29) is 25.0 Å². The van der Waals surface area contributed by atoms with Gasteiger partial charge in [0.05, 0.1) is 0 Å². The van der Waals surface area contributed by atoms with Crippen molar-refractivity contribution in [2.75, 3.05) is 6.61 Å². The van der Waals surface area contributed by atoms with Gasteiger partial charge in [-0.2, -0.15) is 0 Å². The van der Waals surface area contributed by atoms with Crippen molar-refractivity contribution in [3.05, 3.63) is 64.7 Å². The van der Waals surface area contributed by atoms with E-state index in [1.807, 2.05) is 70.2 Å². The van der Waals surface area contributed by atoms with Gasteiger partial charge in [0.25, 0.3) is 5.91 Å². The number of hydrogen-bond acceptors (Lipinski definition) is 3. The minimum atomic E-state index is -0.634. The maximum absolute atomic E-state index is 13.3. The minimum Gasteiger partial charge on any atom is -0.484 e. The second-order valence-electron chi connectivity index (χ2n) is 9.29. The molecule has 174 valence electrons. The van der Waals surface area contributed by atoms with Gasteiger partial charge in [0.2, 0.25) is 5.91 Å². The Morgan fingerprint density at radius 2 is 1.69 bits per heavy atom. The molecule has 0 saturated heterocycles. The Bertz CT molecular complexity index is 904. The molecule has 6 heteroatoms. The predicted octanol–water partition coefficient (Wildman–Crippen LogP) is 5.56. The van der Waals surface area contributed by atoms with E-state index < -0.39 is 11.6 Å². The molecule has 0 saturated carbocycles. The molecule has 5 nitrogen and oxygen atoms in total. The number of benzene rings is 2. The number of ether oxygens (including phenoxy) is 1. The molecule has 2 amide bonds. The first-order chi connectivity index (χ1) is 15.0. The normalized spacial score (nSPS) is 12.4. The third kappa shape index (κ3) is 7.56. The van der Waals surface area contributed by atoms with Crippen LogP contribution in [0.25, 0.3) is 0 Å². The SMILES string of the molecule is CC[C@H](C(=O)NC(C)(C)C)N(Cc1ccccc1Cl)C(=O)COc1ccc(C(C)C)cc1. The summed E-state index contributed by atoms with van der Waals surface area (Å²) in [6.45, 7) is 12.0. The predicted molar refractivity (Wildman–Crippen MR) is 130 cm³/mol. The average molecular weight is 459 g/mol. The molecule has 2 aromatic carbocycles. The number of halogens is 1. The summed E-state index contributed by atoms with van der Waals surface area (Å²) in [6, 6.07) is 14.4.